The predicted octanol–water partition coefficient (Wildman–Crippen LogP) is 18.6. The number of hydrogen-bond donors (Lipinski definition) is 4. The second-order valence-electron chi connectivity index (χ2n) is 39.9. The first-order valence-electron chi connectivity index (χ1n) is 48.3. The fourth-order valence-electron chi connectivity index (χ4n) is 20.3. The Morgan fingerprint density at radius 3 is 0.930 bits per heavy atom. The van der Waals surface area contributed by atoms with Gasteiger partial charge >= 0.3 is 6.18 Å². The molecule has 44 heteroatoms. The number of aryl methyl sites for hydroxylation is 4. The molecule has 22 rings (SSSR count). The van der Waals surface area contributed by atoms with Crippen molar-refractivity contribution in [1.82, 2.24) is 99.3 Å². The summed E-state index contributed by atoms with van der Waals surface area (Å²) in [6.45, 7) is 19.7. The minimum atomic E-state index is -4.53. The number of rotatable bonds is 28. The van der Waals surface area contributed by atoms with Crippen LogP contribution in [0.2, 0.25) is 0 Å². The van der Waals surface area contributed by atoms with Crippen molar-refractivity contribution in [1.29, 1.82) is 0 Å². The Bertz CT molecular complexity index is 6860. The number of ketones is 4. The summed E-state index contributed by atoms with van der Waals surface area (Å²) in [5, 5.41) is 15.5. The first kappa shape index (κ1) is 101. The van der Waals surface area contributed by atoms with Crippen molar-refractivity contribution < 1.29 is 73.5 Å². The highest BCUT2D eigenvalue weighted by molar-refractivity contribution is 7.20. The lowest BCUT2D eigenvalue weighted by Crippen LogP contribution is -2.52. The number of halogens is 8. The molecule has 4 atom stereocenters. The van der Waals surface area contributed by atoms with E-state index in [2.05, 4.69) is 101 Å². The molecule has 752 valence electrons. The Labute approximate surface area is 833 Å². The number of Topliss-reactive ketones (excluding diaryl/α,β-unsaturated/α-hetero) is 4. The van der Waals surface area contributed by atoms with Gasteiger partial charge in [-0.15, -0.1) is 45.3 Å². The summed E-state index contributed by atoms with van der Waals surface area (Å²) in [5.74, 6) is -0.803. The zero-order valence-corrected chi connectivity index (χ0v) is 83.5. The van der Waals surface area contributed by atoms with E-state index in [1.54, 1.807) is 47.1 Å². The van der Waals surface area contributed by atoms with E-state index in [1.807, 2.05) is 41.5 Å². The Kier molecular flexibility index (Phi) is 29.2. The van der Waals surface area contributed by atoms with Gasteiger partial charge in [-0.3, -0.25) is 58.3 Å². The number of amides is 4. The van der Waals surface area contributed by atoms with Gasteiger partial charge in [0.25, 0.3) is 23.6 Å². The fourth-order valence-corrected chi connectivity index (χ4v) is 23.7. The zero-order chi connectivity index (χ0) is 101. The molecule has 12 aromatic rings. The molecule has 0 aromatic carbocycles. The predicted molar refractivity (Wildman–Crippen MR) is 521 cm³/mol. The van der Waals surface area contributed by atoms with E-state index < -0.39 is 58.3 Å². The van der Waals surface area contributed by atoms with Crippen LogP contribution in [0, 0.1) is 103 Å². The second-order valence-corrected chi connectivity index (χ2v) is 44.7. The molecule has 0 spiro atoms. The van der Waals surface area contributed by atoms with Crippen LogP contribution in [0.3, 0.4) is 0 Å². The number of likely N-dealkylation sites (tertiary alicyclic amines) is 4. The van der Waals surface area contributed by atoms with Crippen LogP contribution >= 0.6 is 45.3 Å². The van der Waals surface area contributed by atoms with E-state index >= 15 is 0 Å². The molecule has 4 amide bonds. The van der Waals surface area contributed by atoms with Crippen molar-refractivity contribution in [3.05, 3.63) is 162 Å². The molecule has 4 unspecified atom stereocenters. The first-order valence-corrected chi connectivity index (χ1v) is 51.6. The molecule has 143 heavy (non-hydrogen) atoms. The molecule has 0 radical (unpaired) electrons. The lowest BCUT2D eigenvalue weighted by Gasteiger charge is -2.47. The molecule has 32 nitrogen and oxygen atoms in total. The largest absolute Gasteiger partial charge is 0.401 e. The summed E-state index contributed by atoms with van der Waals surface area (Å²) in [4.78, 5) is 180. The molecule has 6 aliphatic carbocycles. The molecule has 16 heterocycles. The zero-order valence-electron chi connectivity index (χ0n) is 80.2. The van der Waals surface area contributed by atoms with Crippen LogP contribution in [0.25, 0.3) is 41.4 Å². The molecule has 4 saturated heterocycles. The molecule has 2 bridgehead atoms. The Balaban J connectivity index is 0.000000126. The molecule has 4 aliphatic heterocycles. The molecule has 10 fully saturated rings. The van der Waals surface area contributed by atoms with Gasteiger partial charge in [-0.1, -0.05) is 19.3 Å². The third-order valence-electron chi connectivity index (χ3n) is 28.8. The van der Waals surface area contributed by atoms with Crippen molar-refractivity contribution >= 4 is 157 Å². The van der Waals surface area contributed by atoms with Gasteiger partial charge in [0.05, 0.1) is 69.0 Å². The number of hydrogen-bond acceptors (Lipinski definition) is 32. The van der Waals surface area contributed by atoms with Gasteiger partial charge in [0.1, 0.15) is 76.3 Å². The highest BCUT2D eigenvalue weighted by atomic mass is 32.1. The van der Waals surface area contributed by atoms with E-state index in [0.717, 1.165) is 90.7 Å². The van der Waals surface area contributed by atoms with Gasteiger partial charge in [0, 0.05) is 144 Å². The van der Waals surface area contributed by atoms with Crippen LogP contribution in [0.4, 0.5) is 58.9 Å². The smallest absolute Gasteiger partial charge is 0.348 e. The third kappa shape index (κ3) is 22.6. The SMILES string of the molecule is Cc1nc2nc(NC(C)c3cncc(F)c3)nc(C(=O)N3CC(CC(=O)C4(C(F)(F)F)CC4)C3)c2s1.Cc1nc2nc(NC(C)c3cncc(F)c3)nc(C(=O)N3CC(CC(=O)C45CCC(CC4)CC5)C3)c2s1.Cc1nc2nc(NC(C)c3cncc(F)c3)nc(C(=O)N3CC(CC(=O)C4CC(C)(F)C4)C3)c2s1.Cc1nc2nc(NC(C)c3cncc(F)c3)nc(C(=O)N3CC(CC(=O)C4CCCCC4)C3)c2s1. The van der Waals surface area contributed by atoms with Crippen molar-refractivity contribution in [2.45, 2.75) is 220 Å². The maximum atomic E-state index is 13.7. The Morgan fingerprint density at radius 1 is 0.378 bits per heavy atom. The number of aromatic nitrogens is 16. The van der Waals surface area contributed by atoms with Crippen LogP contribution in [0.15, 0.2) is 73.8 Å². The molecular formula is C99H108F8N24O8S4. The van der Waals surface area contributed by atoms with Crippen molar-refractivity contribution in [2.75, 3.05) is 73.6 Å². The standard InChI is InChI=1S/C27H31FN6O2S.C25H29FN6O2S.C24H26F2N6O2S.C23H22F4N6O2S/c1-15(19-10-20(28)12-29-11-19)30-26-32-22(23-24(33-26)31-16(2)37-23)25(36)34-13-18(14-34)9-21(35)27-6-3-17(4-7-27)5-8-27;1-14(18-9-19(26)11-27-10-18)28-25-30-21(22-23(31-25)29-15(2)35-22)24(34)32-12-16(13-32)8-20(33)17-6-4-3-5-7-17;1-12(15-5-17(25)9-27-8-15)28-23-30-19(20-21(31-23)29-13(2)35-20)22(34)32-10-14(11-32)4-18(33)16-6-24(3,26)7-16;1-11(14-6-15(24)8-28-7-14)29-21-31-17(18-19(32-21)30-12(2)36-18)20(35)33-9-13(10-33)5-16(34)22(3-4-22)23(25,26)27/h10-12,15,17-18H,3-9,13-14H2,1-2H3,(H,30,32,33);9-11,14,16-17H,3-8,12-13H2,1-2H3,(H,28,30,31);5,8-9,12,14,16H,4,6-7,10-11H2,1-3H3,(H,28,30,31);6-8,11,13H,3-5,9-10H2,1-2H3,(H,29,31,32). The maximum Gasteiger partial charge on any atom is 0.401 e. The summed E-state index contributed by atoms with van der Waals surface area (Å²) in [5.41, 5.74) is 1.64. The average Bonchev–Trinajstić information content (AvgIpc) is 1.58. The van der Waals surface area contributed by atoms with Gasteiger partial charge in [-0.2, -0.15) is 33.1 Å². The molecule has 12 aromatic heterocycles. The number of fused-ring (bicyclic) bond motifs is 7. The Hall–Kier alpha value is -12.3. The number of thiazole rings is 4. The quantitative estimate of drug-likeness (QED) is 0.0331. The van der Waals surface area contributed by atoms with E-state index in [0.29, 0.717) is 163 Å². The number of nitrogens with one attached hydrogen (secondary N) is 4. The van der Waals surface area contributed by atoms with Crippen LogP contribution in [0.5, 0.6) is 0 Å². The maximum absolute atomic E-state index is 13.7. The average molecular weight is 2040 g/mol. The topological polar surface area (TPSA) is 404 Å². The summed E-state index contributed by atoms with van der Waals surface area (Å²) in [7, 11) is 0. The highest BCUT2D eigenvalue weighted by Gasteiger charge is 2.68. The number of carbonyl (C=O) groups excluding carboxylic acids is 8. The van der Waals surface area contributed by atoms with E-state index in [9.17, 15) is 73.5 Å². The lowest BCUT2D eigenvalue weighted by molar-refractivity contribution is -0.192. The lowest BCUT2D eigenvalue weighted by atomic mass is 9.58. The number of nitrogens with zero attached hydrogens (tertiary/aromatic N) is 20. The van der Waals surface area contributed by atoms with Gasteiger partial charge in [-0.25, -0.2) is 61.8 Å². The van der Waals surface area contributed by atoms with Crippen LogP contribution < -0.4 is 21.3 Å². The molecular weight excluding hydrogens is 1930 g/mol. The van der Waals surface area contributed by atoms with Gasteiger partial charge in [0.2, 0.25) is 23.8 Å². The van der Waals surface area contributed by atoms with Crippen molar-refractivity contribution in [2.24, 2.45) is 52.3 Å². The number of pyridine rings is 4. The number of alkyl halides is 4. The van der Waals surface area contributed by atoms with Crippen LogP contribution in [0.1, 0.15) is 265 Å². The highest BCUT2D eigenvalue weighted by Crippen LogP contribution is 2.59. The van der Waals surface area contributed by atoms with E-state index in [-0.39, 0.29) is 150 Å². The Morgan fingerprint density at radius 2 is 0.657 bits per heavy atom. The van der Waals surface area contributed by atoms with E-state index in [4.69, 9.17) is 0 Å². The normalized spacial score (nSPS) is 20.8. The van der Waals surface area contributed by atoms with E-state index in [1.165, 1.54) is 113 Å². The molecule has 10 aliphatic rings. The minimum Gasteiger partial charge on any atom is -0.348 e. The summed E-state index contributed by atoms with van der Waals surface area (Å²) in [6, 6.07) is 4.09. The molecule has 6 saturated carbocycles. The monoisotopic (exact) mass is 2040 g/mol. The van der Waals surface area contributed by atoms with Crippen LogP contribution in [-0.2, 0) is 19.2 Å². The number of carbonyl (C=O) groups is 8. The van der Waals surface area contributed by atoms with Gasteiger partial charge in [0.15, 0.2) is 45.4 Å². The van der Waals surface area contributed by atoms with Crippen molar-refractivity contribution in [3.63, 3.8) is 0 Å². The van der Waals surface area contributed by atoms with Gasteiger partial charge in [-0.05, 0) is 192 Å². The molecule has 4 N–H and O–H groups in total. The summed E-state index contributed by atoms with van der Waals surface area (Å²) in [6.07, 6.45) is 20.1. The van der Waals surface area contributed by atoms with Crippen LogP contribution in [-0.4, -0.2) is 210 Å². The summed E-state index contributed by atoms with van der Waals surface area (Å²) < 4.78 is 110. The number of anilines is 4. The fraction of sp³-hybridized carbons (Fsp3) is 0.515. The van der Waals surface area contributed by atoms with Gasteiger partial charge < -0.3 is 40.9 Å². The third-order valence-corrected chi connectivity index (χ3v) is 32.7. The van der Waals surface area contributed by atoms with Crippen molar-refractivity contribution in [3.8, 4) is 0 Å². The summed E-state index contributed by atoms with van der Waals surface area (Å²) >= 11 is 5.40. The first-order chi connectivity index (χ1) is 68.2. The second kappa shape index (κ2) is 41.4. The minimum absolute atomic E-state index is 0.0801.